The number of benzene rings is 1. The first-order chi connectivity index (χ1) is 14.0. The lowest BCUT2D eigenvalue weighted by Gasteiger charge is -2.22. The molecule has 2 aromatic heterocycles. The Morgan fingerprint density at radius 2 is 1.93 bits per heavy atom. The maximum absolute atomic E-state index is 13.6. The van der Waals surface area contributed by atoms with E-state index in [9.17, 15) is 22.8 Å². The largest absolute Gasteiger partial charge is 0.431 e. The van der Waals surface area contributed by atoms with Crippen molar-refractivity contribution < 1.29 is 18.0 Å². The topological polar surface area (TPSA) is 68.9 Å². The molecule has 0 fully saturated rings. The average molecular weight is 420 g/mol. The third kappa shape index (κ3) is 4.90. The van der Waals surface area contributed by atoms with Crippen LogP contribution in [0.1, 0.15) is 30.3 Å². The normalized spacial score (nSPS) is 12.9. The number of pyridine rings is 1. The van der Waals surface area contributed by atoms with Crippen LogP contribution in [0.4, 0.5) is 13.2 Å². The average Bonchev–Trinajstić information content (AvgIpc) is 3.06. The Balaban J connectivity index is 1.82. The molecule has 9 heteroatoms. The summed E-state index contributed by atoms with van der Waals surface area (Å²) in [5.41, 5.74) is 0.0962. The third-order valence-corrected chi connectivity index (χ3v) is 4.76. The second-order valence-corrected chi connectivity index (χ2v) is 7.46. The molecule has 0 aliphatic rings. The molecule has 3 aromatic rings. The van der Waals surface area contributed by atoms with Crippen LogP contribution in [-0.4, -0.2) is 26.3 Å². The number of aromatic nitrogens is 3. The first kappa shape index (κ1) is 21.6. The fourth-order valence-electron chi connectivity index (χ4n) is 3.39. The fraction of sp³-hybridized carbons (Fsp3) is 0.381. The van der Waals surface area contributed by atoms with Gasteiger partial charge in [-0.2, -0.15) is 18.3 Å². The van der Waals surface area contributed by atoms with Crippen LogP contribution in [0.3, 0.4) is 0 Å². The number of hydrogen-bond acceptors (Lipinski definition) is 3. The lowest BCUT2D eigenvalue weighted by atomic mass is 10.1. The molecule has 0 unspecified atom stereocenters. The number of nitrogens with zero attached hydrogens (tertiary/aromatic N) is 3. The van der Waals surface area contributed by atoms with Gasteiger partial charge in [0, 0.05) is 43.2 Å². The Kier molecular flexibility index (Phi) is 6.00. The van der Waals surface area contributed by atoms with E-state index in [0.29, 0.717) is 12.6 Å². The molecule has 2 heterocycles. The molecule has 0 aliphatic heterocycles. The summed E-state index contributed by atoms with van der Waals surface area (Å²) in [7, 11) is 0. The SMILES string of the molecule is Cc1ccc2c(c1)c(=O)cc(C(F)(F)F)n2C[C@@H](C)NC(=O)CCn1ccc(C)n1. The second kappa shape index (κ2) is 8.33. The van der Waals surface area contributed by atoms with Gasteiger partial charge in [-0.3, -0.25) is 14.3 Å². The van der Waals surface area contributed by atoms with Crippen molar-refractivity contribution in [3.63, 3.8) is 0 Å². The number of alkyl halides is 3. The Hall–Kier alpha value is -3.10. The first-order valence-corrected chi connectivity index (χ1v) is 9.55. The summed E-state index contributed by atoms with van der Waals surface area (Å²) in [6, 6.07) is 6.61. The summed E-state index contributed by atoms with van der Waals surface area (Å²) in [5.74, 6) is -0.287. The zero-order valence-electron chi connectivity index (χ0n) is 17.0. The molecule has 1 aromatic carbocycles. The van der Waals surface area contributed by atoms with Crippen LogP contribution in [0.2, 0.25) is 0 Å². The van der Waals surface area contributed by atoms with E-state index >= 15 is 0 Å². The molecule has 1 N–H and O–H groups in total. The van der Waals surface area contributed by atoms with Gasteiger partial charge in [-0.25, -0.2) is 0 Å². The van der Waals surface area contributed by atoms with Gasteiger partial charge in [-0.1, -0.05) is 11.6 Å². The number of carbonyl (C=O) groups is 1. The number of hydrogen-bond donors (Lipinski definition) is 1. The number of amides is 1. The molecule has 6 nitrogen and oxygen atoms in total. The van der Waals surface area contributed by atoms with Crippen molar-refractivity contribution in [1.82, 2.24) is 19.7 Å². The molecule has 0 saturated carbocycles. The zero-order chi connectivity index (χ0) is 22.1. The first-order valence-electron chi connectivity index (χ1n) is 9.55. The highest BCUT2D eigenvalue weighted by Crippen LogP contribution is 2.30. The molecule has 0 aliphatic carbocycles. The van der Waals surface area contributed by atoms with Gasteiger partial charge < -0.3 is 9.88 Å². The highest BCUT2D eigenvalue weighted by molar-refractivity contribution is 5.80. The number of aryl methyl sites for hydroxylation is 3. The number of rotatable bonds is 6. The van der Waals surface area contributed by atoms with Crippen molar-refractivity contribution in [2.24, 2.45) is 0 Å². The summed E-state index contributed by atoms with van der Waals surface area (Å²) in [6.07, 6.45) is -2.78. The van der Waals surface area contributed by atoms with Crippen LogP contribution in [0, 0.1) is 13.8 Å². The van der Waals surface area contributed by atoms with E-state index in [0.717, 1.165) is 15.8 Å². The van der Waals surface area contributed by atoms with Gasteiger partial charge in [-0.15, -0.1) is 0 Å². The van der Waals surface area contributed by atoms with Gasteiger partial charge in [0.25, 0.3) is 0 Å². The van der Waals surface area contributed by atoms with Crippen molar-refractivity contribution in [3.8, 4) is 0 Å². The molecule has 0 radical (unpaired) electrons. The molecular weight excluding hydrogens is 397 g/mol. The Bertz CT molecular complexity index is 1130. The van der Waals surface area contributed by atoms with E-state index in [1.54, 1.807) is 36.9 Å². The molecule has 30 heavy (non-hydrogen) atoms. The number of halogens is 3. The molecule has 160 valence electrons. The number of nitrogens with one attached hydrogen (secondary N) is 1. The Morgan fingerprint density at radius 1 is 1.20 bits per heavy atom. The Labute approximate surface area is 171 Å². The summed E-state index contributed by atoms with van der Waals surface area (Å²) in [4.78, 5) is 24.5. The van der Waals surface area contributed by atoms with Crippen molar-refractivity contribution >= 4 is 16.8 Å². The van der Waals surface area contributed by atoms with E-state index in [-0.39, 0.29) is 29.8 Å². The minimum atomic E-state index is -4.69. The van der Waals surface area contributed by atoms with Crippen LogP contribution in [0.25, 0.3) is 10.9 Å². The number of carbonyl (C=O) groups excluding carboxylic acids is 1. The fourth-order valence-corrected chi connectivity index (χ4v) is 3.39. The smallest absolute Gasteiger partial charge is 0.352 e. The molecule has 0 spiro atoms. The predicted molar refractivity (Wildman–Crippen MR) is 107 cm³/mol. The minimum Gasteiger partial charge on any atom is -0.352 e. The molecule has 0 saturated heterocycles. The number of fused-ring (bicyclic) bond motifs is 1. The summed E-state index contributed by atoms with van der Waals surface area (Å²) in [5, 5.41) is 7.14. The second-order valence-electron chi connectivity index (χ2n) is 7.46. The van der Waals surface area contributed by atoms with Gasteiger partial charge in [0.05, 0.1) is 11.2 Å². The van der Waals surface area contributed by atoms with Gasteiger partial charge in [0.1, 0.15) is 5.69 Å². The maximum atomic E-state index is 13.6. The van der Waals surface area contributed by atoms with Crippen molar-refractivity contribution in [3.05, 3.63) is 63.7 Å². The molecule has 0 bridgehead atoms. The van der Waals surface area contributed by atoms with Crippen LogP contribution < -0.4 is 10.7 Å². The van der Waals surface area contributed by atoms with Crippen molar-refractivity contribution in [2.45, 2.75) is 52.5 Å². The van der Waals surface area contributed by atoms with Crippen LogP contribution in [0.5, 0.6) is 0 Å². The standard InChI is InChI=1S/C21H23F3N4O2/c1-13-4-5-17-16(10-13)18(29)11-19(21(22,23)24)28(17)12-15(3)25-20(30)7-9-27-8-6-14(2)26-27/h4-6,8,10-11,15H,7,9,12H2,1-3H3,(H,25,30)/t15-/m1/s1. The van der Waals surface area contributed by atoms with Gasteiger partial charge in [-0.05, 0) is 39.0 Å². The van der Waals surface area contributed by atoms with Crippen LogP contribution in [-0.2, 0) is 24.1 Å². The van der Waals surface area contributed by atoms with E-state index < -0.39 is 23.3 Å². The summed E-state index contributed by atoms with van der Waals surface area (Å²) >= 11 is 0. The predicted octanol–water partition coefficient (Wildman–Crippen LogP) is 3.43. The lowest BCUT2D eigenvalue weighted by molar-refractivity contribution is -0.143. The highest BCUT2D eigenvalue weighted by Gasteiger charge is 2.35. The van der Waals surface area contributed by atoms with Crippen molar-refractivity contribution in [2.75, 3.05) is 0 Å². The lowest BCUT2D eigenvalue weighted by Crippen LogP contribution is -2.37. The zero-order valence-corrected chi connectivity index (χ0v) is 17.0. The molecular formula is C21H23F3N4O2. The minimum absolute atomic E-state index is 0.124. The maximum Gasteiger partial charge on any atom is 0.431 e. The van der Waals surface area contributed by atoms with E-state index in [2.05, 4.69) is 10.4 Å². The van der Waals surface area contributed by atoms with Crippen LogP contribution in [0.15, 0.2) is 41.3 Å². The third-order valence-electron chi connectivity index (χ3n) is 4.76. The molecule has 3 rings (SSSR count). The quantitative estimate of drug-likeness (QED) is 0.664. The highest BCUT2D eigenvalue weighted by atomic mass is 19.4. The van der Waals surface area contributed by atoms with Gasteiger partial charge in [0.15, 0.2) is 5.43 Å². The van der Waals surface area contributed by atoms with E-state index in [4.69, 9.17) is 0 Å². The summed E-state index contributed by atoms with van der Waals surface area (Å²) < 4.78 is 43.5. The van der Waals surface area contributed by atoms with E-state index in [1.165, 1.54) is 6.07 Å². The monoisotopic (exact) mass is 420 g/mol. The van der Waals surface area contributed by atoms with Crippen LogP contribution >= 0.6 is 0 Å². The molecule has 1 amide bonds. The van der Waals surface area contributed by atoms with E-state index in [1.807, 2.05) is 13.0 Å². The van der Waals surface area contributed by atoms with Gasteiger partial charge in [0.2, 0.25) is 5.91 Å². The summed E-state index contributed by atoms with van der Waals surface area (Å²) in [6.45, 7) is 5.49. The van der Waals surface area contributed by atoms with Gasteiger partial charge >= 0.3 is 6.18 Å². The Morgan fingerprint density at radius 3 is 2.57 bits per heavy atom. The van der Waals surface area contributed by atoms with Crippen molar-refractivity contribution in [1.29, 1.82) is 0 Å². The molecule has 1 atom stereocenters.